The third-order valence-electron chi connectivity index (χ3n) is 1.03. The van der Waals surface area contributed by atoms with Gasteiger partial charge in [0.15, 0.2) is 0 Å². The number of nitrogens with one attached hydrogen (secondary N) is 1. The second kappa shape index (κ2) is 1.93. The van der Waals surface area contributed by atoms with Gasteiger partial charge in [-0.25, -0.2) is 4.79 Å². The van der Waals surface area contributed by atoms with Crippen LogP contribution in [0.25, 0.3) is 0 Å². The molecule has 9 heavy (non-hydrogen) atoms. The summed E-state index contributed by atoms with van der Waals surface area (Å²) < 4.78 is 0. The molecule has 1 aliphatic heterocycles. The Balaban J connectivity index is 2.47. The SMILES string of the molecule is O=C(O)C1CC(O)=NN1. The van der Waals surface area contributed by atoms with Crippen molar-refractivity contribution >= 4 is 11.9 Å². The van der Waals surface area contributed by atoms with Crippen LogP contribution in [0, 0.1) is 0 Å². The predicted octanol–water partition coefficient (Wildman–Crippen LogP) is -0.696. The number of aliphatic hydroxyl groups excluding tert-OH is 1. The van der Waals surface area contributed by atoms with Gasteiger partial charge < -0.3 is 10.2 Å². The van der Waals surface area contributed by atoms with Crippen molar-refractivity contribution in [2.75, 3.05) is 0 Å². The van der Waals surface area contributed by atoms with Gasteiger partial charge in [-0.15, -0.1) is 5.10 Å². The number of carboxylic acids is 1. The van der Waals surface area contributed by atoms with E-state index in [9.17, 15) is 4.79 Å². The molecule has 1 atom stereocenters. The van der Waals surface area contributed by atoms with Crippen molar-refractivity contribution in [3.05, 3.63) is 0 Å². The number of carbonyl (C=O) groups is 1. The number of aliphatic hydroxyl groups is 1. The van der Waals surface area contributed by atoms with Crippen LogP contribution in [0.5, 0.6) is 0 Å². The molecule has 50 valence electrons. The van der Waals surface area contributed by atoms with Crippen molar-refractivity contribution in [1.82, 2.24) is 5.43 Å². The highest BCUT2D eigenvalue weighted by molar-refractivity contribution is 5.85. The van der Waals surface area contributed by atoms with E-state index in [1.807, 2.05) is 0 Å². The maximum Gasteiger partial charge on any atom is 0.328 e. The zero-order chi connectivity index (χ0) is 6.85. The molecule has 1 unspecified atom stereocenters. The third kappa shape index (κ3) is 1.10. The first-order chi connectivity index (χ1) is 4.20. The average Bonchev–Trinajstić information content (AvgIpc) is 2.14. The van der Waals surface area contributed by atoms with E-state index in [-0.39, 0.29) is 12.3 Å². The lowest BCUT2D eigenvalue weighted by Crippen LogP contribution is -2.29. The van der Waals surface area contributed by atoms with Gasteiger partial charge in [0.25, 0.3) is 0 Å². The Morgan fingerprint density at radius 3 is 2.78 bits per heavy atom. The highest BCUT2D eigenvalue weighted by Crippen LogP contribution is 1.99. The summed E-state index contributed by atoms with van der Waals surface area (Å²) in [5, 5.41) is 20.1. The Kier molecular flexibility index (Phi) is 1.26. The molecule has 0 aromatic rings. The molecule has 0 saturated carbocycles. The molecule has 0 saturated heterocycles. The van der Waals surface area contributed by atoms with Crippen LogP contribution >= 0.6 is 0 Å². The van der Waals surface area contributed by atoms with Crippen LogP contribution in [0.3, 0.4) is 0 Å². The molecule has 1 heterocycles. The van der Waals surface area contributed by atoms with Crippen LogP contribution in [-0.2, 0) is 4.79 Å². The average molecular weight is 130 g/mol. The molecule has 0 aliphatic carbocycles. The first-order valence-electron chi connectivity index (χ1n) is 2.44. The van der Waals surface area contributed by atoms with E-state index in [0.717, 1.165) is 0 Å². The summed E-state index contributed by atoms with van der Waals surface area (Å²) in [6.45, 7) is 0. The highest BCUT2D eigenvalue weighted by Gasteiger charge is 2.23. The van der Waals surface area contributed by atoms with Gasteiger partial charge in [0.05, 0.1) is 6.42 Å². The van der Waals surface area contributed by atoms with E-state index in [2.05, 4.69) is 10.5 Å². The minimum Gasteiger partial charge on any atom is -0.495 e. The maximum absolute atomic E-state index is 10.1. The number of rotatable bonds is 1. The van der Waals surface area contributed by atoms with Crippen LogP contribution in [0.4, 0.5) is 0 Å². The first-order valence-corrected chi connectivity index (χ1v) is 2.44. The Bertz CT molecular complexity index is 165. The van der Waals surface area contributed by atoms with E-state index in [1.54, 1.807) is 0 Å². The zero-order valence-corrected chi connectivity index (χ0v) is 4.53. The monoisotopic (exact) mass is 130 g/mol. The summed E-state index contributed by atoms with van der Waals surface area (Å²) in [6, 6.07) is -0.745. The van der Waals surface area contributed by atoms with Crippen LogP contribution in [0.15, 0.2) is 5.10 Å². The summed E-state index contributed by atoms with van der Waals surface area (Å²) >= 11 is 0. The second-order valence-electron chi connectivity index (χ2n) is 1.75. The molecule has 1 rings (SSSR count). The Morgan fingerprint density at radius 2 is 2.56 bits per heavy atom. The Morgan fingerprint density at radius 1 is 1.89 bits per heavy atom. The fourth-order valence-electron chi connectivity index (χ4n) is 0.569. The fourth-order valence-corrected chi connectivity index (χ4v) is 0.569. The van der Waals surface area contributed by atoms with Gasteiger partial charge in [-0.2, -0.15) is 0 Å². The molecular weight excluding hydrogens is 124 g/mol. The van der Waals surface area contributed by atoms with E-state index in [0.29, 0.717) is 0 Å². The van der Waals surface area contributed by atoms with E-state index in [1.165, 1.54) is 0 Å². The van der Waals surface area contributed by atoms with Crippen LogP contribution in [0.2, 0.25) is 0 Å². The minimum absolute atomic E-state index is 0.0787. The summed E-state index contributed by atoms with van der Waals surface area (Å²) in [6.07, 6.45) is 0.0787. The second-order valence-corrected chi connectivity index (χ2v) is 1.75. The molecular formula is C4H6N2O3. The summed E-state index contributed by atoms with van der Waals surface area (Å²) in [4.78, 5) is 10.1. The molecule has 5 nitrogen and oxygen atoms in total. The maximum atomic E-state index is 10.1. The Hall–Kier alpha value is -1.26. The lowest BCUT2D eigenvalue weighted by atomic mass is 10.2. The quantitative estimate of drug-likeness (QED) is 0.438. The lowest BCUT2D eigenvalue weighted by molar-refractivity contribution is -0.139. The topological polar surface area (TPSA) is 81.9 Å². The number of hydrazone groups is 1. The fraction of sp³-hybridized carbons (Fsp3) is 0.500. The smallest absolute Gasteiger partial charge is 0.328 e. The standard InChI is InChI=1S/C4H6N2O3/c7-3-1-2(4(8)9)5-6-3/h2,5H,1H2,(H,6,7)(H,8,9). The van der Waals surface area contributed by atoms with E-state index in [4.69, 9.17) is 10.2 Å². The molecule has 0 aromatic carbocycles. The number of carboxylic acid groups (broad SMARTS) is 1. The van der Waals surface area contributed by atoms with Gasteiger partial charge >= 0.3 is 5.97 Å². The number of nitrogens with zero attached hydrogens (tertiary/aromatic N) is 1. The molecule has 0 radical (unpaired) electrons. The van der Waals surface area contributed by atoms with Crippen LogP contribution in [0.1, 0.15) is 6.42 Å². The van der Waals surface area contributed by atoms with Crippen molar-refractivity contribution in [2.45, 2.75) is 12.5 Å². The van der Waals surface area contributed by atoms with Gasteiger partial charge in [0.2, 0.25) is 5.90 Å². The van der Waals surface area contributed by atoms with Crippen molar-refractivity contribution in [3.8, 4) is 0 Å². The number of hydrogen-bond acceptors (Lipinski definition) is 3. The number of aliphatic carboxylic acids is 1. The van der Waals surface area contributed by atoms with Crippen molar-refractivity contribution in [1.29, 1.82) is 0 Å². The summed E-state index contributed by atoms with van der Waals surface area (Å²) in [7, 11) is 0. The number of hydrogen-bond donors (Lipinski definition) is 3. The van der Waals surface area contributed by atoms with Gasteiger partial charge in [-0.3, -0.25) is 5.43 Å². The molecule has 0 amide bonds. The molecule has 3 N–H and O–H groups in total. The highest BCUT2D eigenvalue weighted by atomic mass is 16.4. The third-order valence-corrected chi connectivity index (χ3v) is 1.03. The van der Waals surface area contributed by atoms with Crippen LogP contribution in [-0.4, -0.2) is 28.1 Å². The molecule has 0 aromatic heterocycles. The van der Waals surface area contributed by atoms with Gasteiger partial charge in [0, 0.05) is 0 Å². The summed E-state index contributed by atoms with van der Waals surface area (Å²) in [5.74, 6) is -1.15. The molecule has 0 fully saturated rings. The largest absolute Gasteiger partial charge is 0.495 e. The van der Waals surface area contributed by atoms with Crippen molar-refractivity contribution in [2.24, 2.45) is 5.10 Å². The van der Waals surface area contributed by atoms with Crippen molar-refractivity contribution in [3.63, 3.8) is 0 Å². The van der Waals surface area contributed by atoms with Gasteiger partial charge in [-0.05, 0) is 0 Å². The van der Waals surface area contributed by atoms with Crippen LogP contribution < -0.4 is 5.43 Å². The predicted molar refractivity (Wildman–Crippen MR) is 29.2 cm³/mol. The summed E-state index contributed by atoms with van der Waals surface area (Å²) in [5.41, 5.74) is 2.24. The molecule has 1 aliphatic rings. The molecule has 5 heteroatoms. The minimum atomic E-state index is -0.997. The van der Waals surface area contributed by atoms with E-state index < -0.39 is 12.0 Å². The molecule has 0 bridgehead atoms. The zero-order valence-electron chi connectivity index (χ0n) is 4.53. The lowest BCUT2D eigenvalue weighted by Gasteiger charge is -1.98. The first kappa shape index (κ1) is 5.87. The Labute approximate surface area is 51.0 Å². The van der Waals surface area contributed by atoms with Gasteiger partial charge in [0.1, 0.15) is 6.04 Å². The van der Waals surface area contributed by atoms with E-state index >= 15 is 0 Å². The van der Waals surface area contributed by atoms with Crippen molar-refractivity contribution < 1.29 is 15.0 Å². The normalized spacial score (nSPS) is 24.9. The van der Waals surface area contributed by atoms with Gasteiger partial charge in [-0.1, -0.05) is 0 Å². The molecule has 0 spiro atoms.